The minimum absolute atomic E-state index is 0.331. The molecule has 0 bridgehead atoms. The fourth-order valence-corrected chi connectivity index (χ4v) is 1.10. The summed E-state index contributed by atoms with van der Waals surface area (Å²) in [5.41, 5.74) is 1.38. The number of rotatable bonds is 7. The first-order chi connectivity index (χ1) is 6.16. The second-order valence-corrected chi connectivity index (χ2v) is 3.83. The predicted octanol–water partition coefficient (Wildman–Crippen LogP) is 2.05. The fourth-order valence-electron chi connectivity index (χ4n) is 1.10. The first-order valence-corrected chi connectivity index (χ1v) is 5.09. The lowest BCUT2D eigenvalue weighted by Crippen LogP contribution is -2.19. The van der Waals surface area contributed by atoms with E-state index >= 15 is 0 Å². The van der Waals surface area contributed by atoms with Gasteiger partial charge in [0, 0.05) is 13.2 Å². The van der Waals surface area contributed by atoms with E-state index in [1.807, 2.05) is 0 Å². The highest BCUT2D eigenvalue weighted by atomic mass is 16.2. The molecular weight excluding hydrogens is 162 g/mol. The second-order valence-electron chi connectivity index (χ2n) is 3.83. The highest BCUT2D eigenvalue weighted by molar-refractivity contribution is 4.94. The topological polar surface area (TPSA) is 23.5 Å². The lowest BCUT2D eigenvalue weighted by molar-refractivity contribution is 0.276. The van der Waals surface area contributed by atoms with Gasteiger partial charge < -0.3 is 10.0 Å². The van der Waals surface area contributed by atoms with Crippen molar-refractivity contribution < 1.29 is 5.11 Å². The predicted molar refractivity (Wildman–Crippen MR) is 57.9 cm³/mol. The van der Waals surface area contributed by atoms with Crippen LogP contribution in [0, 0.1) is 0 Å². The van der Waals surface area contributed by atoms with Crippen molar-refractivity contribution >= 4 is 0 Å². The van der Waals surface area contributed by atoms with E-state index in [4.69, 9.17) is 5.11 Å². The Balaban J connectivity index is 3.30. The molecule has 0 aliphatic carbocycles. The Morgan fingerprint density at radius 3 is 2.46 bits per heavy atom. The van der Waals surface area contributed by atoms with E-state index in [0.29, 0.717) is 6.61 Å². The summed E-state index contributed by atoms with van der Waals surface area (Å²) in [5, 5.41) is 8.58. The molecule has 0 aliphatic rings. The molecule has 0 aromatic heterocycles. The Kier molecular flexibility index (Phi) is 8.05. The lowest BCUT2D eigenvalue weighted by Gasteiger charge is -2.13. The third-order valence-electron chi connectivity index (χ3n) is 2.01. The van der Waals surface area contributed by atoms with Gasteiger partial charge in [0.05, 0.1) is 0 Å². The smallest absolute Gasteiger partial charge is 0.0431 e. The van der Waals surface area contributed by atoms with E-state index in [0.717, 1.165) is 25.9 Å². The molecule has 0 radical (unpaired) electrons. The van der Waals surface area contributed by atoms with Crippen molar-refractivity contribution in [3.63, 3.8) is 0 Å². The molecule has 2 heteroatoms. The maximum absolute atomic E-state index is 8.58. The number of nitrogens with zero attached hydrogens (tertiary/aromatic N) is 1. The van der Waals surface area contributed by atoms with Crippen molar-refractivity contribution in [1.82, 2.24) is 4.90 Å². The Bertz CT molecular complexity index is 139. The summed E-state index contributed by atoms with van der Waals surface area (Å²) >= 11 is 0. The molecule has 0 aliphatic heterocycles. The van der Waals surface area contributed by atoms with Gasteiger partial charge >= 0.3 is 0 Å². The summed E-state index contributed by atoms with van der Waals surface area (Å²) in [6.07, 6.45) is 5.51. The lowest BCUT2D eigenvalue weighted by atomic mass is 10.2. The van der Waals surface area contributed by atoms with Crippen LogP contribution in [-0.2, 0) is 0 Å². The Morgan fingerprint density at radius 2 is 1.92 bits per heavy atom. The van der Waals surface area contributed by atoms with Crippen LogP contribution in [0.2, 0.25) is 0 Å². The Morgan fingerprint density at radius 1 is 1.23 bits per heavy atom. The molecule has 0 saturated heterocycles. The van der Waals surface area contributed by atoms with Gasteiger partial charge in [-0.25, -0.2) is 0 Å². The monoisotopic (exact) mass is 185 g/mol. The second kappa shape index (κ2) is 8.27. The van der Waals surface area contributed by atoms with Crippen molar-refractivity contribution in [2.75, 3.05) is 26.7 Å². The van der Waals surface area contributed by atoms with Gasteiger partial charge in [-0.1, -0.05) is 11.6 Å². The number of aliphatic hydroxyl groups is 1. The summed E-state index contributed by atoms with van der Waals surface area (Å²) < 4.78 is 0. The van der Waals surface area contributed by atoms with Crippen LogP contribution in [0.5, 0.6) is 0 Å². The van der Waals surface area contributed by atoms with Crippen molar-refractivity contribution in [3.05, 3.63) is 11.6 Å². The number of hydrogen-bond acceptors (Lipinski definition) is 2. The highest BCUT2D eigenvalue weighted by Gasteiger charge is 1.94. The molecular formula is C11H23NO. The van der Waals surface area contributed by atoms with Crippen molar-refractivity contribution in [2.45, 2.75) is 33.1 Å². The van der Waals surface area contributed by atoms with Crippen LogP contribution in [0.3, 0.4) is 0 Å². The molecule has 0 spiro atoms. The summed E-state index contributed by atoms with van der Waals surface area (Å²) in [6, 6.07) is 0. The summed E-state index contributed by atoms with van der Waals surface area (Å²) in [6.45, 7) is 6.75. The zero-order valence-corrected chi connectivity index (χ0v) is 9.21. The van der Waals surface area contributed by atoms with Gasteiger partial charge in [-0.2, -0.15) is 0 Å². The van der Waals surface area contributed by atoms with E-state index in [2.05, 4.69) is 31.9 Å². The average molecular weight is 185 g/mol. The van der Waals surface area contributed by atoms with Crippen LogP contribution in [-0.4, -0.2) is 36.8 Å². The Labute approximate surface area is 82.3 Å². The largest absolute Gasteiger partial charge is 0.396 e. The average Bonchev–Trinajstić information content (AvgIpc) is 2.09. The van der Waals surface area contributed by atoms with Gasteiger partial charge in [-0.3, -0.25) is 0 Å². The van der Waals surface area contributed by atoms with Crippen molar-refractivity contribution in [2.24, 2.45) is 0 Å². The summed E-state index contributed by atoms with van der Waals surface area (Å²) in [4.78, 5) is 2.31. The Hall–Kier alpha value is -0.340. The molecule has 0 atom stereocenters. The van der Waals surface area contributed by atoms with Gasteiger partial charge in [0.2, 0.25) is 0 Å². The fraction of sp³-hybridized carbons (Fsp3) is 0.818. The quantitative estimate of drug-likeness (QED) is 0.485. The normalized spacial score (nSPS) is 10.5. The summed E-state index contributed by atoms with van der Waals surface area (Å²) in [7, 11) is 2.14. The summed E-state index contributed by atoms with van der Waals surface area (Å²) in [5.74, 6) is 0. The van der Waals surface area contributed by atoms with Crippen LogP contribution < -0.4 is 0 Å². The van der Waals surface area contributed by atoms with Gasteiger partial charge in [-0.05, 0) is 46.7 Å². The number of unbranched alkanes of at least 4 members (excludes halogenated alkanes) is 2. The van der Waals surface area contributed by atoms with E-state index < -0.39 is 0 Å². The van der Waals surface area contributed by atoms with Gasteiger partial charge in [0.25, 0.3) is 0 Å². The first-order valence-electron chi connectivity index (χ1n) is 5.09. The SMILES string of the molecule is CC(C)=CCN(C)CCCCCO. The molecule has 0 saturated carbocycles. The molecule has 0 unspecified atom stereocenters. The number of hydrogen-bond donors (Lipinski definition) is 1. The molecule has 0 amide bonds. The molecule has 2 nitrogen and oxygen atoms in total. The van der Waals surface area contributed by atoms with Crippen LogP contribution in [0.25, 0.3) is 0 Å². The van der Waals surface area contributed by atoms with Crippen LogP contribution >= 0.6 is 0 Å². The molecule has 0 aromatic rings. The van der Waals surface area contributed by atoms with Gasteiger partial charge in [0.1, 0.15) is 0 Å². The first kappa shape index (κ1) is 12.7. The van der Waals surface area contributed by atoms with E-state index in [1.54, 1.807) is 0 Å². The zero-order chi connectivity index (χ0) is 10.1. The minimum Gasteiger partial charge on any atom is -0.396 e. The molecule has 0 heterocycles. The van der Waals surface area contributed by atoms with Crippen LogP contribution in [0.4, 0.5) is 0 Å². The van der Waals surface area contributed by atoms with Gasteiger partial charge in [-0.15, -0.1) is 0 Å². The van der Waals surface area contributed by atoms with E-state index in [9.17, 15) is 0 Å². The van der Waals surface area contributed by atoms with Crippen LogP contribution in [0.1, 0.15) is 33.1 Å². The van der Waals surface area contributed by atoms with Crippen molar-refractivity contribution in [3.8, 4) is 0 Å². The molecule has 0 rings (SSSR count). The minimum atomic E-state index is 0.331. The standard InChI is InChI=1S/C11H23NO/c1-11(2)7-9-12(3)8-5-4-6-10-13/h7,13H,4-6,8-10H2,1-3H3. The molecule has 0 fully saturated rings. The third kappa shape index (κ3) is 9.57. The van der Waals surface area contributed by atoms with Gasteiger partial charge in [0.15, 0.2) is 0 Å². The van der Waals surface area contributed by atoms with Crippen LogP contribution in [0.15, 0.2) is 11.6 Å². The number of allylic oxidation sites excluding steroid dienone is 1. The van der Waals surface area contributed by atoms with Crippen molar-refractivity contribution in [1.29, 1.82) is 0 Å². The molecule has 0 aromatic carbocycles. The number of aliphatic hydroxyl groups excluding tert-OH is 1. The highest BCUT2D eigenvalue weighted by Crippen LogP contribution is 1.97. The maximum Gasteiger partial charge on any atom is 0.0431 e. The maximum atomic E-state index is 8.58. The zero-order valence-electron chi connectivity index (χ0n) is 9.21. The molecule has 1 N–H and O–H groups in total. The van der Waals surface area contributed by atoms with E-state index in [1.165, 1.54) is 12.0 Å². The molecule has 13 heavy (non-hydrogen) atoms. The third-order valence-corrected chi connectivity index (χ3v) is 2.01. The molecule has 78 valence electrons. The van der Waals surface area contributed by atoms with E-state index in [-0.39, 0.29) is 0 Å². The number of likely N-dealkylation sites (N-methyl/N-ethyl adjacent to an activating group) is 1.